The van der Waals surface area contributed by atoms with Crippen LogP contribution in [0.1, 0.15) is 50.2 Å². The van der Waals surface area contributed by atoms with Crippen LogP contribution in [-0.4, -0.2) is 29.8 Å². The molecule has 2 amide bonds. The predicted molar refractivity (Wildman–Crippen MR) is 91.9 cm³/mol. The van der Waals surface area contributed by atoms with Crippen molar-refractivity contribution < 1.29 is 9.59 Å². The van der Waals surface area contributed by atoms with Gasteiger partial charge in [0.05, 0.1) is 0 Å². The molecular formula is C19H28N2O2. The average molecular weight is 316 g/mol. The molecule has 0 radical (unpaired) electrons. The number of rotatable bonds is 6. The molecule has 126 valence electrons. The Morgan fingerprint density at radius 3 is 2.57 bits per heavy atom. The van der Waals surface area contributed by atoms with Crippen LogP contribution in [0.3, 0.4) is 0 Å². The lowest BCUT2D eigenvalue weighted by Crippen LogP contribution is -2.42. The van der Waals surface area contributed by atoms with Crippen LogP contribution in [-0.2, 0) is 16.1 Å². The van der Waals surface area contributed by atoms with E-state index in [0.717, 1.165) is 31.2 Å². The second-order valence-electron chi connectivity index (χ2n) is 6.40. The highest BCUT2D eigenvalue weighted by Gasteiger charge is 2.26. The standard InChI is InChI=1S/C19H28N2O2/c1-3-4-9-18(22)21-12-10-16(11-13-21)19(23)20-14-17-8-6-5-7-15(17)2/h5-8,16H,3-4,9-14H2,1-2H3,(H,20,23). The van der Waals surface area contributed by atoms with E-state index in [1.54, 1.807) is 0 Å². The molecule has 4 heteroatoms. The molecular weight excluding hydrogens is 288 g/mol. The first-order valence-electron chi connectivity index (χ1n) is 8.71. The molecule has 1 N–H and O–H groups in total. The van der Waals surface area contributed by atoms with Gasteiger partial charge in [0.15, 0.2) is 0 Å². The van der Waals surface area contributed by atoms with Gasteiger partial charge in [0.25, 0.3) is 0 Å². The second kappa shape index (κ2) is 8.70. The molecule has 0 unspecified atom stereocenters. The number of piperidine rings is 1. The minimum atomic E-state index is 0.0363. The van der Waals surface area contributed by atoms with E-state index < -0.39 is 0 Å². The number of carbonyl (C=O) groups is 2. The number of nitrogens with one attached hydrogen (secondary N) is 1. The first-order chi connectivity index (χ1) is 11.1. The summed E-state index contributed by atoms with van der Waals surface area (Å²) in [6, 6.07) is 8.10. The number of carbonyl (C=O) groups excluding carboxylic acids is 2. The summed E-state index contributed by atoms with van der Waals surface area (Å²) in [5, 5.41) is 3.05. The number of benzene rings is 1. The fourth-order valence-corrected chi connectivity index (χ4v) is 3.01. The Hall–Kier alpha value is -1.84. The van der Waals surface area contributed by atoms with Crippen molar-refractivity contribution in [1.29, 1.82) is 0 Å². The van der Waals surface area contributed by atoms with Crippen LogP contribution in [0.2, 0.25) is 0 Å². The SMILES string of the molecule is CCCCC(=O)N1CCC(C(=O)NCc2ccccc2C)CC1. The highest BCUT2D eigenvalue weighted by molar-refractivity contribution is 5.80. The van der Waals surface area contributed by atoms with Crippen LogP contribution in [0.5, 0.6) is 0 Å². The molecule has 1 heterocycles. The van der Waals surface area contributed by atoms with Crippen LogP contribution in [0.15, 0.2) is 24.3 Å². The summed E-state index contributed by atoms with van der Waals surface area (Å²) >= 11 is 0. The topological polar surface area (TPSA) is 49.4 Å². The normalized spacial score (nSPS) is 15.5. The van der Waals surface area contributed by atoms with Crippen LogP contribution < -0.4 is 5.32 Å². The predicted octanol–water partition coefficient (Wildman–Crippen LogP) is 3.04. The molecule has 1 aromatic rings. The van der Waals surface area contributed by atoms with E-state index >= 15 is 0 Å². The van der Waals surface area contributed by atoms with Gasteiger partial charge in [0.2, 0.25) is 11.8 Å². The third kappa shape index (κ3) is 5.08. The highest BCUT2D eigenvalue weighted by atomic mass is 16.2. The molecule has 1 fully saturated rings. The highest BCUT2D eigenvalue weighted by Crippen LogP contribution is 2.19. The smallest absolute Gasteiger partial charge is 0.223 e. The summed E-state index contributed by atoms with van der Waals surface area (Å²) in [6.45, 7) is 6.16. The molecule has 0 aromatic heterocycles. The molecule has 1 aliphatic rings. The number of amides is 2. The lowest BCUT2D eigenvalue weighted by molar-refractivity contribution is -0.135. The van der Waals surface area contributed by atoms with Crippen molar-refractivity contribution in [3.05, 3.63) is 35.4 Å². The number of hydrogen-bond acceptors (Lipinski definition) is 2. The zero-order chi connectivity index (χ0) is 16.7. The van der Waals surface area contributed by atoms with E-state index in [-0.39, 0.29) is 17.7 Å². The largest absolute Gasteiger partial charge is 0.352 e. The van der Waals surface area contributed by atoms with Crippen LogP contribution in [0.4, 0.5) is 0 Å². The number of hydrogen-bond donors (Lipinski definition) is 1. The summed E-state index contributed by atoms with van der Waals surface area (Å²) in [6.07, 6.45) is 4.19. The molecule has 23 heavy (non-hydrogen) atoms. The fraction of sp³-hybridized carbons (Fsp3) is 0.579. The van der Waals surface area contributed by atoms with E-state index in [0.29, 0.717) is 26.1 Å². The first kappa shape index (κ1) is 17.5. The Labute approximate surface area is 139 Å². The van der Waals surface area contributed by atoms with Crippen molar-refractivity contribution in [3.8, 4) is 0 Å². The van der Waals surface area contributed by atoms with Gasteiger partial charge < -0.3 is 10.2 Å². The second-order valence-corrected chi connectivity index (χ2v) is 6.40. The minimum Gasteiger partial charge on any atom is -0.352 e. The van der Waals surface area contributed by atoms with Gasteiger partial charge in [-0.15, -0.1) is 0 Å². The van der Waals surface area contributed by atoms with Crippen molar-refractivity contribution in [2.75, 3.05) is 13.1 Å². The fourth-order valence-electron chi connectivity index (χ4n) is 3.01. The van der Waals surface area contributed by atoms with Crippen molar-refractivity contribution >= 4 is 11.8 Å². The molecule has 0 bridgehead atoms. The van der Waals surface area contributed by atoms with E-state index in [2.05, 4.69) is 25.2 Å². The average Bonchev–Trinajstić information content (AvgIpc) is 2.59. The molecule has 2 rings (SSSR count). The van der Waals surface area contributed by atoms with Gasteiger partial charge in [-0.1, -0.05) is 37.6 Å². The lowest BCUT2D eigenvalue weighted by Gasteiger charge is -2.31. The van der Waals surface area contributed by atoms with Gasteiger partial charge in [-0.25, -0.2) is 0 Å². The van der Waals surface area contributed by atoms with E-state index in [4.69, 9.17) is 0 Å². The van der Waals surface area contributed by atoms with E-state index in [9.17, 15) is 9.59 Å². The van der Waals surface area contributed by atoms with Gasteiger partial charge in [-0.2, -0.15) is 0 Å². The zero-order valence-electron chi connectivity index (χ0n) is 14.3. The monoisotopic (exact) mass is 316 g/mol. The van der Waals surface area contributed by atoms with E-state index in [1.165, 1.54) is 5.56 Å². The van der Waals surface area contributed by atoms with Crippen LogP contribution in [0.25, 0.3) is 0 Å². The van der Waals surface area contributed by atoms with Crippen molar-refractivity contribution in [2.45, 2.75) is 52.5 Å². The number of aryl methyl sites for hydroxylation is 1. The third-order valence-corrected chi connectivity index (χ3v) is 4.68. The summed E-state index contributed by atoms with van der Waals surface area (Å²) in [7, 11) is 0. The minimum absolute atomic E-state index is 0.0363. The summed E-state index contributed by atoms with van der Waals surface area (Å²) in [4.78, 5) is 26.2. The molecule has 1 saturated heterocycles. The van der Waals surface area contributed by atoms with Gasteiger partial charge in [0.1, 0.15) is 0 Å². The maximum atomic E-state index is 12.3. The molecule has 0 atom stereocenters. The zero-order valence-corrected chi connectivity index (χ0v) is 14.3. The summed E-state index contributed by atoms with van der Waals surface area (Å²) in [5.41, 5.74) is 2.36. The Morgan fingerprint density at radius 2 is 1.91 bits per heavy atom. The van der Waals surface area contributed by atoms with Crippen molar-refractivity contribution in [3.63, 3.8) is 0 Å². The molecule has 1 aliphatic heterocycles. The quantitative estimate of drug-likeness (QED) is 0.877. The molecule has 0 spiro atoms. The van der Waals surface area contributed by atoms with Gasteiger partial charge >= 0.3 is 0 Å². The molecule has 0 aliphatic carbocycles. The van der Waals surface area contributed by atoms with E-state index in [1.807, 2.05) is 23.1 Å². The molecule has 0 saturated carbocycles. The number of likely N-dealkylation sites (tertiary alicyclic amines) is 1. The van der Waals surface area contributed by atoms with Crippen molar-refractivity contribution in [2.24, 2.45) is 5.92 Å². The first-order valence-corrected chi connectivity index (χ1v) is 8.71. The van der Waals surface area contributed by atoms with Crippen LogP contribution in [0, 0.1) is 12.8 Å². The Morgan fingerprint density at radius 1 is 1.22 bits per heavy atom. The number of nitrogens with zero attached hydrogens (tertiary/aromatic N) is 1. The third-order valence-electron chi connectivity index (χ3n) is 4.68. The summed E-state index contributed by atoms with van der Waals surface area (Å²) in [5.74, 6) is 0.397. The number of unbranched alkanes of at least 4 members (excludes halogenated alkanes) is 1. The maximum Gasteiger partial charge on any atom is 0.223 e. The Kier molecular flexibility index (Phi) is 6.63. The maximum absolute atomic E-state index is 12.3. The Bertz CT molecular complexity index is 534. The van der Waals surface area contributed by atoms with Gasteiger partial charge in [-0.3, -0.25) is 9.59 Å². The van der Waals surface area contributed by atoms with Gasteiger partial charge in [0, 0.05) is 32.0 Å². The van der Waals surface area contributed by atoms with Crippen LogP contribution >= 0.6 is 0 Å². The summed E-state index contributed by atoms with van der Waals surface area (Å²) < 4.78 is 0. The van der Waals surface area contributed by atoms with Crippen molar-refractivity contribution in [1.82, 2.24) is 10.2 Å². The molecule has 1 aromatic carbocycles. The molecule has 4 nitrogen and oxygen atoms in total. The lowest BCUT2D eigenvalue weighted by atomic mass is 9.95. The van der Waals surface area contributed by atoms with Gasteiger partial charge in [-0.05, 0) is 37.3 Å². The Balaban J connectivity index is 1.75.